The molecule has 1 rings (SSSR count). The van der Waals surface area contributed by atoms with Crippen LogP contribution in [0, 0.1) is 0 Å². The Bertz CT molecular complexity index is 137. The molecule has 1 aliphatic rings. The first-order chi connectivity index (χ1) is 4.43. The molecule has 0 radical (unpaired) electrons. The predicted octanol–water partition coefficient (Wildman–Crippen LogP) is 0.918. The second kappa shape index (κ2) is 3.07. The molecule has 0 aromatic rings. The van der Waals surface area contributed by atoms with Crippen molar-refractivity contribution < 1.29 is 4.79 Å². The molecule has 0 bridgehead atoms. The first-order valence-corrected chi connectivity index (χ1v) is 2.96. The SMILES string of the molecule is O=CCN1C=CCC=C1. The summed E-state index contributed by atoms with van der Waals surface area (Å²) in [7, 11) is 0. The lowest BCUT2D eigenvalue weighted by Crippen LogP contribution is -2.13. The van der Waals surface area contributed by atoms with Gasteiger partial charge in [0.25, 0.3) is 0 Å². The zero-order chi connectivity index (χ0) is 6.53. The van der Waals surface area contributed by atoms with Crippen LogP contribution >= 0.6 is 0 Å². The molecule has 0 fully saturated rings. The van der Waals surface area contributed by atoms with Gasteiger partial charge in [-0.1, -0.05) is 12.2 Å². The normalized spacial score (nSPS) is 16.2. The van der Waals surface area contributed by atoms with Crippen molar-refractivity contribution in [3.63, 3.8) is 0 Å². The molecule has 0 amide bonds. The average Bonchev–Trinajstić information content (AvgIpc) is 1.91. The molecule has 0 aromatic heterocycles. The lowest BCUT2D eigenvalue weighted by molar-refractivity contribution is -0.108. The number of carbonyl (C=O) groups is 1. The van der Waals surface area contributed by atoms with E-state index in [1.165, 1.54) is 0 Å². The number of rotatable bonds is 2. The fourth-order valence-electron chi connectivity index (χ4n) is 0.729. The summed E-state index contributed by atoms with van der Waals surface area (Å²) >= 11 is 0. The van der Waals surface area contributed by atoms with Gasteiger partial charge < -0.3 is 9.69 Å². The van der Waals surface area contributed by atoms with E-state index in [1.807, 2.05) is 29.5 Å². The highest BCUT2D eigenvalue weighted by atomic mass is 16.1. The Balaban J connectivity index is 2.39. The maximum atomic E-state index is 9.96. The molecule has 2 heteroatoms. The summed E-state index contributed by atoms with van der Waals surface area (Å²) < 4.78 is 0. The second-order valence-corrected chi connectivity index (χ2v) is 1.87. The smallest absolute Gasteiger partial charge is 0.139 e. The Hall–Kier alpha value is -1.05. The second-order valence-electron chi connectivity index (χ2n) is 1.87. The summed E-state index contributed by atoms with van der Waals surface area (Å²) in [6.45, 7) is 0.465. The van der Waals surface area contributed by atoms with Crippen molar-refractivity contribution in [1.82, 2.24) is 4.90 Å². The maximum Gasteiger partial charge on any atom is 0.139 e. The number of hydrogen-bond acceptors (Lipinski definition) is 2. The molecule has 0 aromatic carbocycles. The van der Waals surface area contributed by atoms with Crippen LogP contribution in [0.1, 0.15) is 6.42 Å². The van der Waals surface area contributed by atoms with Crippen molar-refractivity contribution in [3.05, 3.63) is 24.6 Å². The third kappa shape index (κ3) is 1.72. The number of hydrogen-bond donors (Lipinski definition) is 0. The topological polar surface area (TPSA) is 20.3 Å². The van der Waals surface area contributed by atoms with Gasteiger partial charge in [0.05, 0.1) is 6.54 Å². The summed E-state index contributed by atoms with van der Waals surface area (Å²) in [6.07, 6.45) is 9.73. The summed E-state index contributed by atoms with van der Waals surface area (Å²) in [5, 5.41) is 0. The van der Waals surface area contributed by atoms with Gasteiger partial charge in [-0.05, 0) is 6.42 Å². The first kappa shape index (κ1) is 6.08. The number of carbonyl (C=O) groups excluding carboxylic acids is 1. The molecule has 1 aliphatic heterocycles. The highest BCUT2D eigenvalue weighted by molar-refractivity contribution is 5.52. The Morgan fingerprint density at radius 3 is 2.67 bits per heavy atom. The lowest BCUT2D eigenvalue weighted by Gasteiger charge is -2.13. The third-order valence-electron chi connectivity index (χ3n) is 1.15. The van der Waals surface area contributed by atoms with Crippen LogP contribution < -0.4 is 0 Å². The molecule has 0 spiro atoms. The highest BCUT2D eigenvalue weighted by Gasteiger charge is 1.93. The molecule has 48 valence electrons. The average molecular weight is 123 g/mol. The van der Waals surface area contributed by atoms with Gasteiger partial charge in [0.15, 0.2) is 0 Å². The van der Waals surface area contributed by atoms with Gasteiger partial charge in [0, 0.05) is 12.4 Å². The molecule has 0 N–H and O–H groups in total. The zero-order valence-corrected chi connectivity index (χ0v) is 5.16. The van der Waals surface area contributed by atoms with Crippen LogP contribution in [0.4, 0.5) is 0 Å². The van der Waals surface area contributed by atoms with E-state index in [0.717, 1.165) is 12.7 Å². The third-order valence-corrected chi connectivity index (χ3v) is 1.15. The van der Waals surface area contributed by atoms with Crippen molar-refractivity contribution in [3.8, 4) is 0 Å². The van der Waals surface area contributed by atoms with Gasteiger partial charge >= 0.3 is 0 Å². The van der Waals surface area contributed by atoms with E-state index in [2.05, 4.69) is 0 Å². The van der Waals surface area contributed by atoms with Gasteiger partial charge in [-0.15, -0.1) is 0 Å². The Morgan fingerprint density at radius 2 is 2.11 bits per heavy atom. The molecule has 0 saturated carbocycles. The fourth-order valence-corrected chi connectivity index (χ4v) is 0.729. The molecule has 0 atom stereocenters. The summed E-state index contributed by atoms with van der Waals surface area (Å²) in [4.78, 5) is 11.8. The minimum atomic E-state index is 0.465. The summed E-state index contributed by atoms with van der Waals surface area (Å²) in [5.41, 5.74) is 0. The molecular formula is C7H9NO. The van der Waals surface area contributed by atoms with Crippen molar-refractivity contribution in [1.29, 1.82) is 0 Å². The standard InChI is InChI=1S/C7H9NO/c9-7-6-8-4-2-1-3-5-8/h2-5,7H,1,6H2. The minimum Gasteiger partial charge on any atom is -0.348 e. The van der Waals surface area contributed by atoms with Gasteiger partial charge in [-0.2, -0.15) is 0 Å². The van der Waals surface area contributed by atoms with Crippen LogP contribution in [-0.2, 0) is 4.79 Å². The van der Waals surface area contributed by atoms with Crippen LogP contribution in [0.25, 0.3) is 0 Å². The summed E-state index contributed by atoms with van der Waals surface area (Å²) in [6, 6.07) is 0. The van der Waals surface area contributed by atoms with E-state index in [1.54, 1.807) is 0 Å². The van der Waals surface area contributed by atoms with E-state index in [9.17, 15) is 4.79 Å². The van der Waals surface area contributed by atoms with Crippen LogP contribution in [-0.4, -0.2) is 17.7 Å². The zero-order valence-electron chi connectivity index (χ0n) is 5.16. The monoisotopic (exact) mass is 123 g/mol. The quantitative estimate of drug-likeness (QED) is 0.509. The largest absolute Gasteiger partial charge is 0.348 e. The van der Waals surface area contributed by atoms with E-state index < -0.39 is 0 Å². The van der Waals surface area contributed by atoms with E-state index in [0.29, 0.717) is 6.54 Å². The maximum absolute atomic E-state index is 9.96. The van der Waals surface area contributed by atoms with Crippen LogP contribution in [0.5, 0.6) is 0 Å². The number of aldehydes is 1. The summed E-state index contributed by atoms with van der Waals surface area (Å²) in [5.74, 6) is 0. The molecule has 0 saturated heterocycles. The highest BCUT2D eigenvalue weighted by Crippen LogP contribution is 1.99. The Labute approximate surface area is 54.5 Å². The fraction of sp³-hybridized carbons (Fsp3) is 0.286. The van der Waals surface area contributed by atoms with Crippen molar-refractivity contribution in [2.75, 3.05) is 6.54 Å². The Morgan fingerprint density at radius 1 is 1.44 bits per heavy atom. The van der Waals surface area contributed by atoms with Crippen LogP contribution in [0.2, 0.25) is 0 Å². The molecule has 0 unspecified atom stereocenters. The van der Waals surface area contributed by atoms with Gasteiger partial charge in [-0.25, -0.2) is 0 Å². The molecule has 2 nitrogen and oxygen atoms in total. The van der Waals surface area contributed by atoms with E-state index in [4.69, 9.17) is 0 Å². The first-order valence-electron chi connectivity index (χ1n) is 2.96. The molecule has 1 heterocycles. The Kier molecular flexibility index (Phi) is 2.07. The van der Waals surface area contributed by atoms with Gasteiger partial charge in [0.2, 0.25) is 0 Å². The van der Waals surface area contributed by atoms with Crippen molar-refractivity contribution >= 4 is 6.29 Å². The molecule has 9 heavy (non-hydrogen) atoms. The van der Waals surface area contributed by atoms with Gasteiger partial charge in [0.1, 0.15) is 6.29 Å². The van der Waals surface area contributed by atoms with Gasteiger partial charge in [-0.3, -0.25) is 0 Å². The number of nitrogens with zero attached hydrogens (tertiary/aromatic N) is 1. The molecule has 0 aliphatic carbocycles. The van der Waals surface area contributed by atoms with Crippen molar-refractivity contribution in [2.24, 2.45) is 0 Å². The minimum absolute atomic E-state index is 0.465. The van der Waals surface area contributed by atoms with E-state index >= 15 is 0 Å². The van der Waals surface area contributed by atoms with E-state index in [-0.39, 0.29) is 0 Å². The lowest BCUT2D eigenvalue weighted by atomic mass is 10.3. The van der Waals surface area contributed by atoms with Crippen molar-refractivity contribution in [2.45, 2.75) is 6.42 Å². The number of allylic oxidation sites excluding steroid dienone is 2. The van der Waals surface area contributed by atoms with Crippen LogP contribution in [0.3, 0.4) is 0 Å². The predicted molar refractivity (Wildman–Crippen MR) is 35.7 cm³/mol. The van der Waals surface area contributed by atoms with Crippen LogP contribution in [0.15, 0.2) is 24.6 Å². The molecular weight excluding hydrogens is 114 g/mol.